The Kier molecular flexibility index (Phi) is 12.5. The van der Waals surface area contributed by atoms with Gasteiger partial charge in [0.15, 0.2) is 11.6 Å². The fourth-order valence-corrected chi connectivity index (χ4v) is 10.6. The zero-order valence-corrected chi connectivity index (χ0v) is 41.8. The van der Waals surface area contributed by atoms with Gasteiger partial charge in [-0.1, -0.05) is 42.5 Å². The quantitative estimate of drug-likeness (QED) is 0.0690. The summed E-state index contributed by atoms with van der Waals surface area (Å²) in [6, 6.07) is 28.2. The summed E-state index contributed by atoms with van der Waals surface area (Å²) in [6.07, 6.45) is 9.66. The summed E-state index contributed by atoms with van der Waals surface area (Å²) in [4.78, 5) is 38.3. The number of nitrogens with one attached hydrogen (secondary N) is 4. The number of amides is 1. The molecule has 8 aromatic rings. The molecule has 2 atom stereocenters. The van der Waals surface area contributed by atoms with E-state index in [4.69, 9.17) is 35.1 Å². The summed E-state index contributed by atoms with van der Waals surface area (Å²) in [5, 5.41) is 20.8. The number of aromatic nitrogens is 8. The number of fused-ring (bicyclic) bond motifs is 2. The van der Waals surface area contributed by atoms with E-state index in [0.717, 1.165) is 72.6 Å². The van der Waals surface area contributed by atoms with Gasteiger partial charge >= 0.3 is 6.09 Å². The van der Waals surface area contributed by atoms with Crippen LogP contribution in [0.2, 0.25) is 0 Å². The molecule has 0 saturated heterocycles. The van der Waals surface area contributed by atoms with Crippen molar-refractivity contribution >= 4 is 29.1 Å². The average molecular weight is 998 g/mol. The Morgan fingerprint density at radius 3 is 2.03 bits per heavy atom. The molecule has 2 aliphatic heterocycles. The second-order valence-corrected chi connectivity index (χ2v) is 20.6. The molecular weight excluding hydrogens is 941 g/mol. The topological polar surface area (TPSA) is 201 Å². The molecule has 3 aliphatic rings. The molecule has 6 heterocycles. The highest BCUT2D eigenvalue weighted by Crippen LogP contribution is 2.49. The lowest BCUT2D eigenvalue weighted by atomic mass is 9.79. The summed E-state index contributed by atoms with van der Waals surface area (Å²) in [6.45, 7) is 9.10. The van der Waals surface area contributed by atoms with Gasteiger partial charge in [0, 0.05) is 116 Å². The first kappa shape index (κ1) is 48.3. The number of anilines is 4. The molecule has 1 aliphatic carbocycles. The maximum atomic E-state index is 14.6. The predicted octanol–water partition coefficient (Wildman–Crippen LogP) is 10.9. The largest absolute Gasteiger partial charge is 0.444 e. The number of carbonyl (C=O) groups is 1. The number of nitrogens with zero attached hydrogens (tertiary/aromatic N) is 8. The molecule has 2 unspecified atom stereocenters. The molecule has 0 spiro atoms. The summed E-state index contributed by atoms with van der Waals surface area (Å²) in [5.41, 5.74) is 17.2. The van der Waals surface area contributed by atoms with E-state index in [1.54, 1.807) is 36.8 Å². The average Bonchev–Trinajstić information content (AvgIpc) is 4.22. The van der Waals surface area contributed by atoms with Gasteiger partial charge in [0.25, 0.3) is 0 Å². The Balaban J connectivity index is 0.971. The maximum absolute atomic E-state index is 14.6. The lowest BCUT2D eigenvalue weighted by Crippen LogP contribution is -2.49. The molecule has 6 N–H and O–H groups in total. The number of nitrogens with two attached hydrogens (primary N) is 1. The number of H-pyrrole nitrogens is 2. The fraction of sp³-hybridized carbons (Fsp3) is 0.304. The smallest absolute Gasteiger partial charge is 0.411 e. The highest BCUT2D eigenvalue weighted by atomic mass is 19.3. The first-order valence-corrected chi connectivity index (χ1v) is 24.7. The Labute approximate surface area is 427 Å². The molecule has 4 aromatic heterocycles. The van der Waals surface area contributed by atoms with Crippen molar-refractivity contribution in [2.24, 2.45) is 11.7 Å². The zero-order chi connectivity index (χ0) is 51.4. The van der Waals surface area contributed by atoms with Crippen molar-refractivity contribution in [1.29, 1.82) is 0 Å². The molecule has 1 amide bonds. The normalized spacial score (nSPS) is 17.6. The summed E-state index contributed by atoms with van der Waals surface area (Å²) in [5.74, 6) is -0.876. The number of halogens is 2. The van der Waals surface area contributed by atoms with Gasteiger partial charge in [0.1, 0.15) is 23.5 Å². The van der Waals surface area contributed by atoms with Crippen molar-refractivity contribution in [3.05, 3.63) is 155 Å². The number of aromatic amines is 2. The van der Waals surface area contributed by atoms with Crippen LogP contribution in [-0.4, -0.2) is 81.1 Å². The van der Waals surface area contributed by atoms with Crippen LogP contribution in [0.25, 0.3) is 45.0 Å². The molecule has 1 fully saturated rings. The Morgan fingerprint density at radius 1 is 0.770 bits per heavy atom. The van der Waals surface area contributed by atoms with Crippen LogP contribution in [0, 0.1) is 5.92 Å². The van der Waals surface area contributed by atoms with Crippen molar-refractivity contribution < 1.29 is 23.0 Å². The van der Waals surface area contributed by atoms with Gasteiger partial charge in [-0.25, -0.2) is 33.5 Å². The van der Waals surface area contributed by atoms with Gasteiger partial charge in [-0.3, -0.25) is 20.0 Å². The molecule has 1 saturated carbocycles. The van der Waals surface area contributed by atoms with Crippen LogP contribution in [0.1, 0.15) is 73.9 Å². The van der Waals surface area contributed by atoms with Gasteiger partial charge in [0.2, 0.25) is 5.92 Å². The standard InChI is InChI=1S/C56H57F2N13O3/c1-54(2,3)74-53(72)71-32-36-7-6-35(49-60-17-16-48(68-49)66-44-12-8-33(9-13-44)42-26-62-63-27-42)20-47(36)55(71,4)21-37-18-38-30-70(52(73-5)40-22-56(57,58)23-40)31-39(38)19-46(37)51-61-25-41(24-59)50(69-51)67-45-14-10-34(11-15-45)43-28-64-65-29-43/h6-20,25-29,40,52H,21-24,30-32,59H2,1-5H3,(H,62,63)(H,64,65)(H,60,66,68)(H,61,67,69). The van der Waals surface area contributed by atoms with E-state index in [-0.39, 0.29) is 25.3 Å². The van der Waals surface area contributed by atoms with Crippen LogP contribution in [0.5, 0.6) is 0 Å². The summed E-state index contributed by atoms with van der Waals surface area (Å²) < 4.78 is 40.6. The number of benzene rings is 4. The third kappa shape index (κ3) is 9.70. The van der Waals surface area contributed by atoms with Crippen molar-refractivity contribution in [3.8, 4) is 45.0 Å². The number of hydrogen-bond acceptors (Lipinski definition) is 13. The highest BCUT2D eigenvalue weighted by molar-refractivity contribution is 5.75. The summed E-state index contributed by atoms with van der Waals surface area (Å²) >= 11 is 0. The van der Waals surface area contributed by atoms with E-state index >= 15 is 0 Å². The molecule has 18 heteroatoms. The molecule has 0 radical (unpaired) electrons. The molecule has 11 rings (SSSR count). The minimum atomic E-state index is -2.69. The minimum Gasteiger partial charge on any atom is -0.444 e. The van der Waals surface area contributed by atoms with E-state index in [9.17, 15) is 13.6 Å². The van der Waals surface area contributed by atoms with Crippen LogP contribution < -0.4 is 16.4 Å². The molecule has 16 nitrogen and oxygen atoms in total. The van der Waals surface area contributed by atoms with Crippen molar-refractivity contribution in [2.75, 3.05) is 17.7 Å². The number of alkyl halides is 2. The van der Waals surface area contributed by atoms with Gasteiger partial charge in [-0.15, -0.1) is 0 Å². The minimum absolute atomic E-state index is 0.185. The van der Waals surface area contributed by atoms with Crippen molar-refractivity contribution in [2.45, 2.75) is 96.4 Å². The number of rotatable bonds is 14. The third-order valence-corrected chi connectivity index (χ3v) is 14.3. The maximum Gasteiger partial charge on any atom is 0.411 e. The second kappa shape index (κ2) is 19.2. The first-order chi connectivity index (χ1) is 35.6. The number of carbonyl (C=O) groups excluding carboxylic acids is 1. The van der Waals surface area contributed by atoms with E-state index in [0.29, 0.717) is 54.9 Å². The van der Waals surface area contributed by atoms with E-state index in [1.165, 1.54) is 0 Å². The van der Waals surface area contributed by atoms with Crippen LogP contribution in [-0.2, 0) is 47.6 Å². The van der Waals surface area contributed by atoms with Crippen LogP contribution in [0.3, 0.4) is 0 Å². The lowest BCUT2D eigenvalue weighted by molar-refractivity contribution is -0.184. The molecule has 74 heavy (non-hydrogen) atoms. The third-order valence-electron chi connectivity index (χ3n) is 14.3. The number of methoxy groups -OCH3 is 1. The fourth-order valence-electron chi connectivity index (χ4n) is 10.6. The van der Waals surface area contributed by atoms with E-state index in [1.807, 2.05) is 99.9 Å². The second-order valence-electron chi connectivity index (χ2n) is 20.6. The predicted molar refractivity (Wildman–Crippen MR) is 278 cm³/mol. The van der Waals surface area contributed by atoms with Gasteiger partial charge in [0.05, 0.1) is 24.5 Å². The Morgan fingerprint density at radius 2 is 1.42 bits per heavy atom. The first-order valence-electron chi connectivity index (χ1n) is 24.7. The lowest BCUT2D eigenvalue weighted by Gasteiger charge is -2.42. The van der Waals surface area contributed by atoms with Crippen molar-refractivity contribution in [3.63, 3.8) is 0 Å². The Bertz CT molecular complexity index is 3320. The van der Waals surface area contributed by atoms with Crippen LogP contribution >= 0.6 is 0 Å². The van der Waals surface area contributed by atoms with Gasteiger partial charge in [-0.2, -0.15) is 10.2 Å². The molecule has 4 aromatic carbocycles. The number of ether oxygens (including phenoxy) is 2. The molecule has 378 valence electrons. The monoisotopic (exact) mass is 997 g/mol. The van der Waals surface area contributed by atoms with Crippen LogP contribution in [0.4, 0.5) is 36.6 Å². The molecule has 0 bridgehead atoms. The van der Waals surface area contributed by atoms with E-state index < -0.39 is 29.4 Å². The van der Waals surface area contributed by atoms with Gasteiger partial charge in [-0.05, 0) is 109 Å². The Hall–Kier alpha value is -7.93. The van der Waals surface area contributed by atoms with Crippen LogP contribution in [0.15, 0.2) is 122 Å². The highest BCUT2D eigenvalue weighted by Gasteiger charge is 2.51. The summed E-state index contributed by atoms with van der Waals surface area (Å²) in [7, 11) is 1.59. The van der Waals surface area contributed by atoms with Crippen molar-refractivity contribution in [1.82, 2.24) is 50.1 Å². The van der Waals surface area contributed by atoms with E-state index in [2.05, 4.69) is 61.1 Å². The number of hydrogen-bond donors (Lipinski definition) is 5. The molecular formula is C56H57F2N13O3. The zero-order valence-electron chi connectivity index (χ0n) is 41.8. The van der Waals surface area contributed by atoms with Gasteiger partial charge < -0.3 is 25.8 Å². The SMILES string of the molecule is COC(C1CC(F)(F)C1)N1Cc2cc(CC3(C)c4cc(-c5nccc(Nc6ccc(-c7cn[nH]c7)cc6)n5)ccc4CN3C(=O)OC(C)(C)C)c(-c3ncc(CN)c(Nc4ccc(-c5cn[nH]c5)cc4)n3)cc2C1.